The van der Waals surface area contributed by atoms with E-state index in [9.17, 15) is 5.11 Å². The van der Waals surface area contributed by atoms with Gasteiger partial charge in [0.05, 0.1) is 5.88 Å². The van der Waals surface area contributed by atoms with Gasteiger partial charge in [-0.15, -0.1) is 11.6 Å². The van der Waals surface area contributed by atoms with Crippen LogP contribution in [0, 0.1) is 13.8 Å². The van der Waals surface area contributed by atoms with Gasteiger partial charge in [0, 0.05) is 5.56 Å². The zero-order valence-corrected chi connectivity index (χ0v) is 7.44. The summed E-state index contributed by atoms with van der Waals surface area (Å²) in [5.74, 6) is 0.701. The van der Waals surface area contributed by atoms with E-state index in [-0.39, 0.29) is 0 Å². The molecule has 11 heavy (non-hydrogen) atoms. The van der Waals surface area contributed by atoms with Crippen molar-refractivity contribution in [3.05, 3.63) is 28.8 Å². The van der Waals surface area contributed by atoms with E-state index in [0.717, 1.165) is 16.7 Å². The molecule has 0 fully saturated rings. The molecular weight excluding hydrogens is 160 g/mol. The molecule has 0 radical (unpaired) electrons. The van der Waals surface area contributed by atoms with Crippen LogP contribution in [-0.2, 0) is 5.88 Å². The molecule has 1 aromatic carbocycles. The predicted octanol–water partition coefficient (Wildman–Crippen LogP) is 2.75. The third-order valence-electron chi connectivity index (χ3n) is 1.93. The maximum atomic E-state index is 9.49. The number of aryl methyl sites for hydroxylation is 1. The van der Waals surface area contributed by atoms with Gasteiger partial charge in [-0.05, 0) is 25.0 Å². The highest BCUT2D eigenvalue weighted by Crippen LogP contribution is 2.25. The minimum Gasteiger partial charge on any atom is -0.507 e. The minimum absolute atomic E-state index is 0.333. The van der Waals surface area contributed by atoms with Crippen molar-refractivity contribution in [2.45, 2.75) is 19.7 Å². The lowest BCUT2D eigenvalue weighted by Gasteiger charge is -2.06. The van der Waals surface area contributed by atoms with Crippen molar-refractivity contribution in [1.82, 2.24) is 0 Å². The van der Waals surface area contributed by atoms with Crippen molar-refractivity contribution < 1.29 is 5.11 Å². The van der Waals surface area contributed by atoms with Crippen LogP contribution in [-0.4, -0.2) is 5.11 Å². The first-order chi connectivity index (χ1) is 5.16. The van der Waals surface area contributed by atoms with Gasteiger partial charge in [-0.2, -0.15) is 0 Å². The van der Waals surface area contributed by atoms with Crippen molar-refractivity contribution >= 4 is 11.6 Å². The molecule has 0 aliphatic rings. The van der Waals surface area contributed by atoms with E-state index < -0.39 is 0 Å². The van der Waals surface area contributed by atoms with E-state index in [1.54, 1.807) is 0 Å². The Kier molecular flexibility index (Phi) is 2.40. The van der Waals surface area contributed by atoms with Crippen LogP contribution in [0.25, 0.3) is 0 Å². The molecule has 60 valence electrons. The quantitative estimate of drug-likeness (QED) is 0.643. The van der Waals surface area contributed by atoms with Gasteiger partial charge in [0.15, 0.2) is 0 Å². The smallest absolute Gasteiger partial charge is 0.123 e. The van der Waals surface area contributed by atoms with Crippen LogP contribution >= 0.6 is 11.6 Å². The number of phenols is 1. The van der Waals surface area contributed by atoms with Crippen LogP contribution in [0.4, 0.5) is 0 Å². The molecule has 0 aliphatic carbocycles. The zero-order chi connectivity index (χ0) is 8.43. The van der Waals surface area contributed by atoms with Gasteiger partial charge in [0.25, 0.3) is 0 Å². The highest BCUT2D eigenvalue weighted by molar-refractivity contribution is 6.17. The molecule has 0 spiro atoms. The Morgan fingerprint density at radius 1 is 1.36 bits per heavy atom. The number of alkyl halides is 1. The van der Waals surface area contributed by atoms with Crippen molar-refractivity contribution in [3.8, 4) is 5.75 Å². The van der Waals surface area contributed by atoms with Crippen molar-refractivity contribution in [1.29, 1.82) is 0 Å². The zero-order valence-electron chi connectivity index (χ0n) is 6.69. The molecule has 0 saturated heterocycles. The van der Waals surface area contributed by atoms with Crippen LogP contribution in [0.5, 0.6) is 5.75 Å². The van der Waals surface area contributed by atoms with E-state index in [1.165, 1.54) is 0 Å². The third-order valence-corrected chi connectivity index (χ3v) is 2.22. The number of hydrogen-bond acceptors (Lipinski definition) is 1. The Bertz CT molecular complexity index is 269. The molecule has 1 aromatic rings. The molecule has 0 bridgehead atoms. The van der Waals surface area contributed by atoms with Crippen LogP contribution in [0.2, 0.25) is 0 Å². The summed E-state index contributed by atoms with van der Waals surface area (Å²) < 4.78 is 0. The molecule has 1 nitrogen and oxygen atoms in total. The summed E-state index contributed by atoms with van der Waals surface area (Å²) in [6.45, 7) is 3.85. The maximum Gasteiger partial charge on any atom is 0.123 e. The molecule has 1 rings (SSSR count). The number of benzene rings is 1. The van der Waals surface area contributed by atoms with E-state index in [2.05, 4.69) is 0 Å². The molecule has 1 N–H and O–H groups in total. The average Bonchev–Trinajstić information content (AvgIpc) is 2.01. The second kappa shape index (κ2) is 3.14. The van der Waals surface area contributed by atoms with Crippen LogP contribution in [0.1, 0.15) is 16.7 Å². The van der Waals surface area contributed by atoms with E-state index in [0.29, 0.717) is 11.6 Å². The summed E-state index contributed by atoms with van der Waals surface area (Å²) in [4.78, 5) is 0. The molecule has 0 saturated carbocycles. The Hall–Kier alpha value is -0.690. The Balaban J connectivity index is 3.25. The standard InChI is InChI=1S/C9H11ClO/c1-6-3-4-8(5-10)9(11)7(6)2/h3-4,11H,5H2,1-2H3. The van der Waals surface area contributed by atoms with Gasteiger partial charge in [-0.3, -0.25) is 0 Å². The molecule has 0 heterocycles. The lowest BCUT2D eigenvalue weighted by Crippen LogP contribution is -1.86. The summed E-state index contributed by atoms with van der Waals surface area (Å²) in [5.41, 5.74) is 2.81. The van der Waals surface area contributed by atoms with Gasteiger partial charge in [-0.25, -0.2) is 0 Å². The number of hydrogen-bond donors (Lipinski definition) is 1. The Morgan fingerprint density at radius 3 is 2.55 bits per heavy atom. The first kappa shape index (κ1) is 8.41. The predicted molar refractivity (Wildman–Crippen MR) is 47.1 cm³/mol. The highest BCUT2D eigenvalue weighted by atomic mass is 35.5. The van der Waals surface area contributed by atoms with Gasteiger partial charge in [0.1, 0.15) is 5.75 Å². The second-order valence-corrected chi connectivity index (χ2v) is 2.92. The Morgan fingerprint density at radius 2 is 2.00 bits per heavy atom. The van der Waals surface area contributed by atoms with Gasteiger partial charge >= 0.3 is 0 Å². The third kappa shape index (κ3) is 1.48. The summed E-state index contributed by atoms with van der Waals surface area (Å²) in [6.07, 6.45) is 0. The second-order valence-electron chi connectivity index (χ2n) is 2.65. The van der Waals surface area contributed by atoms with Crippen molar-refractivity contribution in [2.24, 2.45) is 0 Å². The van der Waals surface area contributed by atoms with E-state index in [4.69, 9.17) is 11.6 Å². The lowest BCUT2D eigenvalue weighted by molar-refractivity contribution is 0.465. The fourth-order valence-corrected chi connectivity index (χ4v) is 1.18. The number of rotatable bonds is 1. The van der Waals surface area contributed by atoms with Crippen LogP contribution in [0.3, 0.4) is 0 Å². The Labute approximate surface area is 71.6 Å². The summed E-state index contributed by atoms with van der Waals surface area (Å²) in [7, 11) is 0. The minimum atomic E-state index is 0.333. The first-order valence-corrected chi connectivity index (χ1v) is 4.04. The van der Waals surface area contributed by atoms with Gasteiger partial charge in [-0.1, -0.05) is 12.1 Å². The van der Waals surface area contributed by atoms with Gasteiger partial charge in [0.2, 0.25) is 0 Å². The lowest BCUT2D eigenvalue weighted by atomic mass is 10.1. The topological polar surface area (TPSA) is 20.2 Å². The first-order valence-electron chi connectivity index (χ1n) is 3.51. The van der Waals surface area contributed by atoms with E-state index in [1.807, 2.05) is 26.0 Å². The summed E-state index contributed by atoms with van der Waals surface area (Å²) >= 11 is 5.60. The largest absolute Gasteiger partial charge is 0.507 e. The fourth-order valence-electron chi connectivity index (χ4n) is 0.965. The van der Waals surface area contributed by atoms with Crippen molar-refractivity contribution in [3.63, 3.8) is 0 Å². The summed E-state index contributed by atoms with van der Waals surface area (Å²) in [6, 6.07) is 3.82. The van der Waals surface area contributed by atoms with Crippen LogP contribution < -0.4 is 0 Å². The molecule has 0 aromatic heterocycles. The fraction of sp³-hybridized carbons (Fsp3) is 0.333. The summed E-state index contributed by atoms with van der Waals surface area (Å²) in [5, 5.41) is 9.49. The van der Waals surface area contributed by atoms with Gasteiger partial charge < -0.3 is 5.11 Å². The number of aromatic hydroxyl groups is 1. The average molecular weight is 171 g/mol. The molecule has 0 unspecified atom stereocenters. The SMILES string of the molecule is Cc1ccc(CCl)c(O)c1C. The molecule has 0 aliphatic heterocycles. The highest BCUT2D eigenvalue weighted by Gasteiger charge is 2.04. The monoisotopic (exact) mass is 170 g/mol. The number of phenolic OH excluding ortho intramolecular Hbond substituents is 1. The van der Waals surface area contributed by atoms with E-state index >= 15 is 0 Å². The number of halogens is 1. The normalized spacial score (nSPS) is 10.1. The van der Waals surface area contributed by atoms with Crippen molar-refractivity contribution in [2.75, 3.05) is 0 Å². The maximum absolute atomic E-state index is 9.49. The van der Waals surface area contributed by atoms with Crippen LogP contribution in [0.15, 0.2) is 12.1 Å². The molecule has 2 heteroatoms. The molecule has 0 atom stereocenters. The molecule has 0 amide bonds. The molecular formula is C9H11ClO.